The van der Waals surface area contributed by atoms with E-state index in [2.05, 4.69) is 22.0 Å². The molecule has 0 bridgehead atoms. The lowest BCUT2D eigenvalue weighted by Gasteiger charge is -1.99. The van der Waals surface area contributed by atoms with E-state index >= 15 is 0 Å². The summed E-state index contributed by atoms with van der Waals surface area (Å²) >= 11 is 5.26. The lowest BCUT2D eigenvalue weighted by atomic mass is 10.5. The van der Waals surface area contributed by atoms with E-state index in [0.717, 1.165) is 0 Å². The molecule has 5 heteroatoms. The van der Waals surface area contributed by atoms with E-state index in [9.17, 15) is 4.79 Å². The molecule has 0 aliphatic rings. The molecule has 4 nitrogen and oxygen atoms in total. The van der Waals surface area contributed by atoms with E-state index in [-0.39, 0.29) is 11.8 Å². The molecule has 0 aliphatic heterocycles. The van der Waals surface area contributed by atoms with Crippen LogP contribution in [-0.4, -0.2) is 31.4 Å². The van der Waals surface area contributed by atoms with Crippen LogP contribution >= 0.6 is 11.6 Å². The molecule has 1 N–H and O–H groups in total. The fraction of sp³-hybridized carbons (Fsp3) is 0.286. The van der Waals surface area contributed by atoms with Gasteiger partial charge in [0.15, 0.2) is 0 Å². The first kappa shape index (κ1) is 10.8. The van der Waals surface area contributed by atoms with Gasteiger partial charge in [0.25, 0.3) is 0 Å². The number of amides is 1. The number of amidine groups is 1. The predicted molar refractivity (Wildman–Crippen MR) is 50.9 cm³/mol. The minimum absolute atomic E-state index is 0.0889. The van der Waals surface area contributed by atoms with Crippen molar-refractivity contribution in [2.75, 3.05) is 12.9 Å². The summed E-state index contributed by atoms with van der Waals surface area (Å²) in [6.07, 6.45) is 2.95. The Bertz CT molecular complexity index is 223. The molecule has 0 spiro atoms. The van der Waals surface area contributed by atoms with Crippen LogP contribution in [0.1, 0.15) is 0 Å². The molecule has 0 aromatic rings. The van der Waals surface area contributed by atoms with E-state index in [1.54, 1.807) is 7.05 Å². The molecular weight excluding hydrogens is 178 g/mol. The predicted octanol–water partition coefficient (Wildman–Crippen LogP) is 0.584. The first-order valence-corrected chi connectivity index (χ1v) is 3.73. The second kappa shape index (κ2) is 6.54. The number of alkyl halides is 1. The van der Waals surface area contributed by atoms with Crippen LogP contribution in [0.25, 0.3) is 0 Å². The number of nitrogens with zero attached hydrogens (tertiary/aromatic N) is 2. The second-order valence-corrected chi connectivity index (χ2v) is 2.06. The molecule has 0 fully saturated rings. The molecule has 0 saturated heterocycles. The molecule has 0 radical (unpaired) electrons. The number of hydrogen-bond acceptors (Lipinski definition) is 3. The molecule has 0 rings (SSSR count). The third kappa shape index (κ3) is 4.62. The minimum atomic E-state index is -0.300. The number of halogens is 1. The van der Waals surface area contributed by atoms with Crippen molar-refractivity contribution in [3.05, 3.63) is 12.3 Å². The lowest BCUT2D eigenvalue weighted by Crippen LogP contribution is -2.29. The van der Waals surface area contributed by atoms with E-state index < -0.39 is 0 Å². The van der Waals surface area contributed by atoms with Crippen LogP contribution in [0, 0.1) is 0 Å². The van der Waals surface area contributed by atoms with Gasteiger partial charge in [-0.25, -0.2) is 0 Å². The zero-order valence-electron chi connectivity index (χ0n) is 6.75. The summed E-state index contributed by atoms with van der Waals surface area (Å²) in [5.41, 5.74) is 0. The topological polar surface area (TPSA) is 53.8 Å². The van der Waals surface area contributed by atoms with E-state index in [4.69, 9.17) is 11.6 Å². The van der Waals surface area contributed by atoms with Crippen molar-refractivity contribution >= 4 is 30.1 Å². The van der Waals surface area contributed by atoms with Gasteiger partial charge < -0.3 is 5.32 Å². The molecule has 0 heterocycles. The normalized spacial score (nSPS) is 11.7. The molecule has 66 valence electrons. The van der Waals surface area contributed by atoms with Gasteiger partial charge in [0.2, 0.25) is 5.91 Å². The van der Waals surface area contributed by atoms with Gasteiger partial charge in [0.1, 0.15) is 11.7 Å². The largest absolute Gasteiger partial charge is 0.310 e. The van der Waals surface area contributed by atoms with Gasteiger partial charge in [-0.05, 0) is 12.8 Å². The van der Waals surface area contributed by atoms with Gasteiger partial charge >= 0.3 is 0 Å². The monoisotopic (exact) mass is 187 g/mol. The Morgan fingerprint density at radius 3 is 2.83 bits per heavy atom. The zero-order chi connectivity index (χ0) is 9.40. The van der Waals surface area contributed by atoms with Crippen molar-refractivity contribution in [3.8, 4) is 0 Å². The summed E-state index contributed by atoms with van der Waals surface area (Å²) in [4.78, 5) is 18.0. The molecule has 0 aliphatic carbocycles. The van der Waals surface area contributed by atoms with E-state index in [1.165, 1.54) is 12.3 Å². The van der Waals surface area contributed by atoms with Crippen LogP contribution in [-0.2, 0) is 4.79 Å². The molecular formula is C7H10ClN3O. The summed E-state index contributed by atoms with van der Waals surface area (Å²) in [7, 11) is 1.55. The summed E-state index contributed by atoms with van der Waals surface area (Å²) in [6, 6.07) is 0. The fourth-order valence-electron chi connectivity index (χ4n) is 0.472. The van der Waals surface area contributed by atoms with Crippen LogP contribution in [0.4, 0.5) is 0 Å². The Morgan fingerprint density at radius 2 is 2.42 bits per heavy atom. The minimum Gasteiger partial charge on any atom is -0.310 e. The number of carbonyl (C=O) groups is 1. The van der Waals surface area contributed by atoms with Gasteiger partial charge in [0.05, 0.1) is 0 Å². The van der Waals surface area contributed by atoms with Crippen molar-refractivity contribution in [2.45, 2.75) is 0 Å². The maximum Gasteiger partial charge on any atom is 0.240 e. The molecule has 0 unspecified atom stereocenters. The third-order valence-electron chi connectivity index (χ3n) is 0.968. The highest BCUT2D eigenvalue weighted by atomic mass is 35.5. The summed E-state index contributed by atoms with van der Waals surface area (Å²) < 4.78 is 0. The summed E-state index contributed by atoms with van der Waals surface area (Å²) in [6.45, 7) is 3.24. The van der Waals surface area contributed by atoms with Crippen molar-refractivity contribution in [1.82, 2.24) is 5.32 Å². The Morgan fingerprint density at radius 1 is 1.75 bits per heavy atom. The van der Waals surface area contributed by atoms with Crippen LogP contribution in [0.15, 0.2) is 22.3 Å². The van der Waals surface area contributed by atoms with Crippen molar-refractivity contribution in [3.63, 3.8) is 0 Å². The molecule has 12 heavy (non-hydrogen) atoms. The van der Waals surface area contributed by atoms with Gasteiger partial charge in [0, 0.05) is 13.2 Å². The molecule has 0 saturated carbocycles. The quantitative estimate of drug-likeness (QED) is 0.392. The van der Waals surface area contributed by atoms with Gasteiger partial charge in [-0.2, -0.15) is 0 Å². The maximum atomic E-state index is 10.7. The smallest absolute Gasteiger partial charge is 0.240 e. The first-order valence-electron chi connectivity index (χ1n) is 3.19. The summed E-state index contributed by atoms with van der Waals surface area (Å²) in [5, 5.41) is 2.46. The molecule has 0 atom stereocenters. The summed E-state index contributed by atoms with van der Waals surface area (Å²) in [5.74, 6) is 0.0213. The van der Waals surface area contributed by atoms with Crippen molar-refractivity contribution in [2.24, 2.45) is 9.98 Å². The van der Waals surface area contributed by atoms with E-state index in [1.807, 2.05) is 0 Å². The fourth-order valence-corrected chi connectivity index (χ4v) is 0.538. The Labute approximate surface area is 76.0 Å². The third-order valence-corrected chi connectivity index (χ3v) is 1.21. The van der Waals surface area contributed by atoms with E-state index in [0.29, 0.717) is 5.84 Å². The lowest BCUT2D eigenvalue weighted by molar-refractivity contribution is -0.117. The van der Waals surface area contributed by atoms with Gasteiger partial charge in [-0.15, -0.1) is 11.6 Å². The highest BCUT2D eigenvalue weighted by Gasteiger charge is 1.99. The van der Waals surface area contributed by atoms with Crippen LogP contribution < -0.4 is 5.32 Å². The zero-order valence-corrected chi connectivity index (χ0v) is 7.51. The first-order chi connectivity index (χ1) is 5.74. The maximum absolute atomic E-state index is 10.7. The highest BCUT2D eigenvalue weighted by molar-refractivity contribution is 6.28. The molecule has 0 aromatic carbocycles. The Kier molecular flexibility index (Phi) is 5.91. The van der Waals surface area contributed by atoms with Crippen LogP contribution in [0.3, 0.4) is 0 Å². The number of nitrogens with one attached hydrogen (secondary N) is 1. The second-order valence-electron chi connectivity index (χ2n) is 1.79. The molecule has 0 aromatic heterocycles. The Hall–Kier alpha value is -1.16. The van der Waals surface area contributed by atoms with Gasteiger partial charge in [-0.3, -0.25) is 14.8 Å². The number of rotatable bonds is 3. The average Bonchev–Trinajstić information content (AvgIpc) is 2.11. The molecule has 1 amide bonds. The van der Waals surface area contributed by atoms with Crippen LogP contribution in [0.2, 0.25) is 0 Å². The van der Waals surface area contributed by atoms with Crippen molar-refractivity contribution < 1.29 is 4.79 Å². The van der Waals surface area contributed by atoms with Crippen molar-refractivity contribution in [1.29, 1.82) is 0 Å². The Balaban J connectivity index is 4.10. The highest BCUT2D eigenvalue weighted by Crippen LogP contribution is 1.80. The van der Waals surface area contributed by atoms with Crippen LogP contribution in [0.5, 0.6) is 0 Å². The SMILES string of the molecule is C=N/C=C\C(=N/C)NC(=O)CCl. The number of hydrogen-bond donors (Lipinski definition) is 1. The standard InChI is InChI=1S/C7H10ClN3O/c1-9-4-3-6(10-2)11-7(12)5-8/h3-4H,1,5H2,2H3,(H,10,11,12)/b4-3-. The number of carbonyl (C=O) groups excluding carboxylic acids is 1. The van der Waals surface area contributed by atoms with Gasteiger partial charge in [-0.1, -0.05) is 0 Å². The number of aliphatic imine (C=N–C) groups is 2. The average molecular weight is 188 g/mol.